The van der Waals surface area contributed by atoms with Gasteiger partial charge in [0.1, 0.15) is 10.7 Å². The second kappa shape index (κ2) is 6.45. The van der Waals surface area contributed by atoms with Crippen molar-refractivity contribution in [1.82, 2.24) is 14.9 Å². The van der Waals surface area contributed by atoms with Crippen LogP contribution in [-0.4, -0.2) is 39.7 Å². The molecule has 0 amide bonds. The average molecular weight is 295 g/mol. The first-order chi connectivity index (χ1) is 9.60. The lowest BCUT2D eigenvalue weighted by Gasteiger charge is -2.18. The number of hydrazine groups is 1. The van der Waals surface area contributed by atoms with Crippen molar-refractivity contribution in [2.75, 3.05) is 25.1 Å². The number of hydrogen-bond acceptors (Lipinski definition) is 7. The van der Waals surface area contributed by atoms with Crippen molar-refractivity contribution >= 4 is 27.4 Å². The molecule has 0 aromatic carbocycles. The zero-order valence-corrected chi connectivity index (χ0v) is 12.9. The molecule has 20 heavy (non-hydrogen) atoms. The maximum Gasteiger partial charge on any atom is 0.152 e. The predicted octanol–water partition coefficient (Wildman–Crippen LogP) is 1.41. The highest BCUT2D eigenvalue weighted by molar-refractivity contribution is 7.18. The molecule has 0 unspecified atom stereocenters. The number of aliphatic hydroxyl groups excluding tert-OH is 1. The summed E-state index contributed by atoms with van der Waals surface area (Å²) in [4.78, 5) is 13.4. The van der Waals surface area contributed by atoms with Crippen molar-refractivity contribution in [1.29, 1.82) is 0 Å². The Morgan fingerprint density at radius 3 is 2.70 bits per heavy atom. The Labute approximate surface area is 122 Å². The topological polar surface area (TPSA) is 87.3 Å². The Morgan fingerprint density at radius 1 is 1.35 bits per heavy atom. The summed E-state index contributed by atoms with van der Waals surface area (Å²) in [6, 6.07) is 0. The minimum Gasteiger partial charge on any atom is -0.395 e. The van der Waals surface area contributed by atoms with Crippen LogP contribution < -0.4 is 11.3 Å². The zero-order chi connectivity index (χ0) is 14.7. The molecule has 2 rings (SSSR count). The summed E-state index contributed by atoms with van der Waals surface area (Å²) in [5.74, 6) is 6.99. The number of aryl methyl sites for hydroxylation is 2. The molecule has 0 aliphatic rings. The van der Waals surface area contributed by atoms with E-state index in [2.05, 4.69) is 41.1 Å². The van der Waals surface area contributed by atoms with E-state index in [0.717, 1.165) is 22.6 Å². The number of nitrogen functional groups attached to an aromatic ring is 1. The molecule has 0 spiro atoms. The quantitative estimate of drug-likeness (QED) is 0.552. The predicted molar refractivity (Wildman–Crippen MR) is 82.7 cm³/mol. The highest BCUT2D eigenvalue weighted by Crippen LogP contribution is 2.32. The summed E-state index contributed by atoms with van der Waals surface area (Å²) in [6.07, 6.45) is 0. The Balaban J connectivity index is 2.40. The van der Waals surface area contributed by atoms with Gasteiger partial charge in [0.05, 0.1) is 18.5 Å². The van der Waals surface area contributed by atoms with Gasteiger partial charge in [-0.1, -0.05) is 6.92 Å². The number of likely N-dealkylation sites (N-methyl/N-ethyl adjacent to an activating group) is 1. The minimum absolute atomic E-state index is 0.134. The van der Waals surface area contributed by atoms with E-state index in [0.29, 0.717) is 18.9 Å². The van der Waals surface area contributed by atoms with E-state index in [-0.39, 0.29) is 6.61 Å². The zero-order valence-electron chi connectivity index (χ0n) is 12.1. The van der Waals surface area contributed by atoms with E-state index < -0.39 is 0 Å². The number of nitrogens with zero attached hydrogens (tertiary/aromatic N) is 3. The third-order valence-electron chi connectivity index (χ3n) is 3.44. The summed E-state index contributed by atoms with van der Waals surface area (Å²) in [5.41, 5.74) is 3.85. The molecule has 0 aliphatic carbocycles. The number of anilines is 1. The number of nitrogens with two attached hydrogens (primary N) is 1. The van der Waals surface area contributed by atoms with Crippen LogP contribution in [0.3, 0.4) is 0 Å². The first kappa shape index (κ1) is 15.1. The molecular formula is C13H21N5OS. The van der Waals surface area contributed by atoms with Gasteiger partial charge in [-0.25, -0.2) is 15.8 Å². The van der Waals surface area contributed by atoms with E-state index >= 15 is 0 Å². The molecule has 4 N–H and O–H groups in total. The van der Waals surface area contributed by atoms with Crippen LogP contribution in [0.1, 0.15) is 23.2 Å². The Hall–Kier alpha value is -1.28. The van der Waals surface area contributed by atoms with Crippen molar-refractivity contribution in [3.63, 3.8) is 0 Å². The van der Waals surface area contributed by atoms with Gasteiger partial charge in [0.25, 0.3) is 0 Å². The molecule has 0 fully saturated rings. The van der Waals surface area contributed by atoms with Crippen molar-refractivity contribution in [2.45, 2.75) is 27.3 Å². The van der Waals surface area contributed by atoms with Gasteiger partial charge in [0.15, 0.2) is 5.82 Å². The standard InChI is InChI=1S/C13H21N5OS/c1-4-18(5-6-19)7-10-15-12(17-14)11-8(2)9(3)20-13(11)16-10/h19H,4-7,14H2,1-3H3,(H,15,16,17). The van der Waals surface area contributed by atoms with Crippen LogP contribution in [0.25, 0.3) is 10.2 Å². The maximum atomic E-state index is 9.05. The second-order valence-electron chi connectivity index (χ2n) is 4.69. The van der Waals surface area contributed by atoms with Gasteiger partial charge in [-0.05, 0) is 26.0 Å². The van der Waals surface area contributed by atoms with E-state index in [4.69, 9.17) is 10.9 Å². The van der Waals surface area contributed by atoms with Crippen LogP contribution in [-0.2, 0) is 6.54 Å². The molecule has 7 heteroatoms. The summed E-state index contributed by atoms with van der Waals surface area (Å²) in [5, 5.41) is 10.0. The summed E-state index contributed by atoms with van der Waals surface area (Å²) >= 11 is 1.66. The SMILES string of the molecule is CCN(CCO)Cc1nc(NN)c2c(C)c(C)sc2n1. The first-order valence-corrected chi connectivity index (χ1v) is 7.48. The third kappa shape index (κ3) is 2.90. The van der Waals surface area contributed by atoms with Gasteiger partial charge < -0.3 is 10.5 Å². The van der Waals surface area contributed by atoms with Crippen LogP contribution in [0, 0.1) is 13.8 Å². The second-order valence-corrected chi connectivity index (χ2v) is 5.89. The van der Waals surface area contributed by atoms with Gasteiger partial charge in [-0.2, -0.15) is 0 Å². The van der Waals surface area contributed by atoms with Crippen LogP contribution >= 0.6 is 11.3 Å². The largest absolute Gasteiger partial charge is 0.395 e. The molecule has 6 nitrogen and oxygen atoms in total. The fourth-order valence-corrected chi connectivity index (χ4v) is 3.21. The molecule has 2 heterocycles. The molecule has 0 bridgehead atoms. The highest BCUT2D eigenvalue weighted by Gasteiger charge is 2.15. The van der Waals surface area contributed by atoms with E-state index in [9.17, 15) is 0 Å². The lowest BCUT2D eigenvalue weighted by molar-refractivity contribution is 0.194. The molecule has 2 aromatic heterocycles. The molecular weight excluding hydrogens is 274 g/mol. The van der Waals surface area contributed by atoms with Crippen molar-refractivity contribution < 1.29 is 5.11 Å². The van der Waals surface area contributed by atoms with Crippen molar-refractivity contribution in [2.24, 2.45) is 5.84 Å². The van der Waals surface area contributed by atoms with E-state index in [1.165, 1.54) is 10.4 Å². The molecule has 0 radical (unpaired) electrons. The van der Waals surface area contributed by atoms with Gasteiger partial charge in [-0.15, -0.1) is 11.3 Å². The Kier molecular flexibility index (Phi) is 4.87. The van der Waals surface area contributed by atoms with Crippen LogP contribution in [0.15, 0.2) is 0 Å². The number of nitrogens with one attached hydrogen (secondary N) is 1. The monoisotopic (exact) mass is 295 g/mol. The number of thiophene rings is 1. The van der Waals surface area contributed by atoms with Crippen molar-refractivity contribution in [3.8, 4) is 0 Å². The maximum absolute atomic E-state index is 9.05. The summed E-state index contributed by atoms with van der Waals surface area (Å²) < 4.78 is 0. The first-order valence-electron chi connectivity index (χ1n) is 6.67. The normalized spacial score (nSPS) is 11.5. The third-order valence-corrected chi connectivity index (χ3v) is 4.54. The number of hydrogen-bond donors (Lipinski definition) is 3. The van der Waals surface area contributed by atoms with Gasteiger partial charge in [-0.3, -0.25) is 4.90 Å². The summed E-state index contributed by atoms with van der Waals surface area (Å²) in [6.45, 7) is 8.39. The lowest BCUT2D eigenvalue weighted by atomic mass is 10.2. The molecule has 2 aromatic rings. The Morgan fingerprint density at radius 2 is 2.10 bits per heavy atom. The minimum atomic E-state index is 0.134. The highest BCUT2D eigenvalue weighted by atomic mass is 32.1. The molecule has 110 valence electrons. The van der Waals surface area contributed by atoms with Crippen LogP contribution in [0.5, 0.6) is 0 Å². The summed E-state index contributed by atoms with van der Waals surface area (Å²) in [7, 11) is 0. The van der Waals surface area contributed by atoms with Crippen molar-refractivity contribution in [3.05, 3.63) is 16.3 Å². The smallest absolute Gasteiger partial charge is 0.152 e. The van der Waals surface area contributed by atoms with Gasteiger partial charge in [0.2, 0.25) is 0 Å². The molecule has 0 saturated heterocycles. The van der Waals surface area contributed by atoms with E-state index in [1.807, 2.05) is 0 Å². The molecule has 0 atom stereocenters. The fourth-order valence-electron chi connectivity index (χ4n) is 2.16. The fraction of sp³-hybridized carbons (Fsp3) is 0.538. The lowest BCUT2D eigenvalue weighted by Crippen LogP contribution is -2.27. The van der Waals surface area contributed by atoms with Gasteiger partial charge >= 0.3 is 0 Å². The van der Waals surface area contributed by atoms with Crippen LogP contribution in [0.2, 0.25) is 0 Å². The number of aromatic nitrogens is 2. The van der Waals surface area contributed by atoms with E-state index in [1.54, 1.807) is 11.3 Å². The number of rotatable bonds is 6. The van der Waals surface area contributed by atoms with Crippen LogP contribution in [0.4, 0.5) is 5.82 Å². The number of aliphatic hydroxyl groups is 1. The molecule has 0 aliphatic heterocycles. The average Bonchev–Trinajstić information content (AvgIpc) is 2.72. The Bertz CT molecular complexity index is 598. The van der Waals surface area contributed by atoms with Gasteiger partial charge in [0, 0.05) is 11.4 Å². The number of fused-ring (bicyclic) bond motifs is 1. The molecule has 0 saturated carbocycles.